The van der Waals surface area contributed by atoms with Crippen LogP contribution in [0, 0.1) is 0 Å². The molecule has 3 nitrogen and oxygen atoms in total. The van der Waals surface area contributed by atoms with Gasteiger partial charge < -0.3 is 14.4 Å². The highest BCUT2D eigenvalue weighted by molar-refractivity contribution is 5.18. The van der Waals surface area contributed by atoms with Gasteiger partial charge in [0.15, 0.2) is 5.79 Å². The molecule has 1 aromatic rings. The van der Waals surface area contributed by atoms with Crippen LogP contribution in [0.15, 0.2) is 30.3 Å². The molecule has 2 atom stereocenters. The highest BCUT2D eigenvalue weighted by Gasteiger charge is 2.42. The Morgan fingerprint density at radius 1 is 1.28 bits per heavy atom. The van der Waals surface area contributed by atoms with Gasteiger partial charge in [-0.25, -0.2) is 0 Å². The second-order valence-corrected chi connectivity index (χ2v) is 5.08. The number of hydrogen-bond donors (Lipinski definition) is 0. The molecular formula is C15H21NO2. The first-order valence-corrected chi connectivity index (χ1v) is 6.60. The van der Waals surface area contributed by atoms with E-state index in [1.807, 2.05) is 30.3 Å². The van der Waals surface area contributed by atoms with Crippen LogP contribution in [0.3, 0.4) is 0 Å². The molecule has 0 saturated carbocycles. The van der Waals surface area contributed by atoms with E-state index in [0.717, 1.165) is 18.4 Å². The molecule has 2 aliphatic rings. The van der Waals surface area contributed by atoms with Gasteiger partial charge in [-0.15, -0.1) is 0 Å². The van der Waals surface area contributed by atoms with Crippen LogP contribution in [0.5, 0.6) is 0 Å². The lowest BCUT2D eigenvalue weighted by Gasteiger charge is -2.26. The SMILES string of the molecule is [2H]C([2H])([2H])N1CCCC2(CC1)OCC(c1ccccc1)O2. The van der Waals surface area contributed by atoms with Crippen LogP contribution >= 0.6 is 0 Å². The number of benzene rings is 1. The summed E-state index contributed by atoms with van der Waals surface area (Å²) in [5.74, 6) is -0.611. The summed E-state index contributed by atoms with van der Waals surface area (Å²) in [6, 6.07) is 10.0. The summed E-state index contributed by atoms with van der Waals surface area (Å²) >= 11 is 0. The summed E-state index contributed by atoms with van der Waals surface area (Å²) in [7, 11) is 0. The van der Waals surface area contributed by atoms with Crippen LogP contribution in [-0.4, -0.2) is 37.4 Å². The molecule has 0 bridgehead atoms. The minimum Gasteiger partial charge on any atom is -0.347 e. The van der Waals surface area contributed by atoms with E-state index in [-0.39, 0.29) is 6.10 Å². The fourth-order valence-corrected chi connectivity index (χ4v) is 2.73. The Kier molecular flexibility index (Phi) is 2.52. The maximum absolute atomic E-state index is 7.53. The fourth-order valence-electron chi connectivity index (χ4n) is 2.73. The summed E-state index contributed by atoms with van der Waals surface area (Å²) in [5.41, 5.74) is 1.12. The standard InChI is InChI=1S/C15H21NO2/c1-16-10-5-8-15(9-11-16)17-12-14(18-15)13-6-3-2-4-7-13/h2-4,6-7,14H,5,8-12H2,1H3/i1D3. The van der Waals surface area contributed by atoms with E-state index in [0.29, 0.717) is 26.1 Å². The lowest BCUT2D eigenvalue weighted by atomic mass is 10.1. The molecule has 3 rings (SSSR count). The van der Waals surface area contributed by atoms with Gasteiger partial charge in [0.05, 0.1) is 6.61 Å². The summed E-state index contributed by atoms with van der Waals surface area (Å²) in [6.07, 6.45) is 2.09. The number of nitrogens with zero attached hydrogens (tertiary/aromatic N) is 1. The first kappa shape index (κ1) is 9.08. The second kappa shape index (κ2) is 5.00. The van der Waals surface area contributed by atoms with Crippen molar-refractivity contribution in [3.63, 3.8) is 0 Å². The van der Waals surface area contributed by atoms with Gasteiger partial charge in [-0.2, -0.15) is 0 Å². The topological polar surface area (TPSA) is 21.7 Å². The van der Waals surface area contributed by atoms with Gasteiger partial charge in [0.25, 0.3) is 0 Å². The van der Waals surface area contributed by atoms with Gasteiger partial charge in [0, 0.05) is 23.5 Å². The molecule has 2 unspecified atom stereocenters. The molecular weight excluding hydrogens is 226 g/mol. The molecule has 0 aliphatic carbocycles. The third kappa shape index (κ3) is 2.44. The number of rotatable bonds is 1. The van der Waals surface area contributed by atoms with Crippen LogP contribution in [-0.2, 0) is 9.47 Å². The zero-order valence-corrected chi connectivity index (χ0v) is 10.5. The Labute approximate surface area is 113 Å². The van der Waals surface area contributed by atoms with Crippen LogP contribution in [0.25, 0.3) is 0 Å². The molecule has 0 N–H and O–H groups in total. The molecule has 0 aromatic heterocycles. The molecule has 1 aromatic carbocycles. The third-order valence-corrected chi connectivity index (χ3v) is 3.77. The molecule has 2 saturated heterocycles. The van der Waals surface area contributed by atoms with Crippen molar-refractivity contribution >= 4 is 0 Å². The monoisotopic (exact) mass is 250 g/mol. The third-order valence-electron chi connectivity index (χ3n) is 3.77. The largest absolute Gasteiger partial charge is 0.347 e. The summed E-state index contributed by atoms with van der Waals surface area (Å²) < 4.78 is 34.7. The Balaban J connectivity index is 1.67. The quantitative estimate of drug-likeness (QED) is 0.764. The number of hydrogen-bond acceptors (Lipinski definition) is 3. The van der Waals surface area contributed by atoms with Gasteiger partial charge in [0.2, 0.25) is 0 Å². The van der Waals surface area contributed by atoms with Crippen molar-refractivity contribution in [2.45, 2.75) is 31.2 Å². The van der Waals surface area contributed by atoms with Crippen molar-refractivity contribution < 1.29 is 13.6 Å². The smallest absolute Gasteiger partial charge is 0.170 e. The van der Waals surface area contributed by atoms with Crippen molar-refractivity contribution in [1.29, 1.82) is 0 Å². The van der Waals surface area contributed by atoms with E-state index in [1.54, 1.807) is 4.90 Å². The van der Waals surface area contributed by atoms with Crippen molar-refractivity contribution in [1.82, 2.24) is 4.90 Å². The zero-order valence-electron chi connectivity index (χ0n) is 13.5. The van der Waals surface area contributed by atoms with Crippen LogP contribution in [0.4, 0.5) is 0 Å². The predicted octanol–water partition coefficient (Wildman–Crippen LogP) is 2.59. The van der Waals surface area contributed by atoms with E-state index in [1.165, 1.54) is 0 Å². The van der Waals surface area contributed by atoms with E-state index < -0.39 is 12.8 Å². The van der Waals surface area contributed by atoms with Gasteiger partial charge in [-0.1, -0.05) is 30.3 Å². The molecule has 3 heteroatoms. The lowest BCUT2D eigenvalue weighted by Crippen LogP contribution is -2.31. The van der Waals surface area contributed by atoms with Crippen molar-refractivity contribution in [3.05, 3.63) is 35.9 Å². The number of ether oxygens (including phenoxy) is 2. The van der Waals surface area contributed by atoms with Crippen molar-refractivity contribution in [2.75, 3.05) is 26.7 Å². The summed E-state index contributed by atoms with van der Waals surface area (Å²) in [5, 5.41) is 0. The van der Waals surface area contributed by atoms with Crippen LogP contribution in [0.1, 0.15) is 35.0 Å². The lowest BCUT2D eigenvalue weighted by molar-refractivity contribution is -0.175. The maximum atomic E-state index is 7.53. The van der Waals surface area contributed by atoms with E-state index in [4.69, 9.17) is 13.6 Å². The van der Waals surface area contributed by atoms with Crippen molar-refractivity contribution in [2.24, 2.45) is 0 Å². The maximum Gasteiger partial charge on any atom is 0.170 e. The fraction of sp³-hybridized carbons (Fsp3) is 0.600. The van der Waals surface area contributed by atoms with Gasteiger partial charge in [0.1, 0.15) is 6.10 Å². The van der Waals surface area contributed by atoms with E-state index >= 15 is 0 Å². The van der Waals surface area contributed by atoms with Crippen LogP contribution in [0.2, 0.25) is 0 Å². The predicted molar refractivity (Wildman–Crippen MR) is 70.3 cm³/mol. The van der Waals surface area contributed by atoms with Crippen LogP contribution < -0.4 is 0 Å². The average molecular weight is 250 g/mol. The van der Waals surface area contributed by atoms with Crippen molar-refractivity contribution in [3.8, 4) is 0 Å². The molecule has 1 spiro atoms. The molecule has 0 amide bonds. The van der Waals surface area contributed by atoms with Gasteiger partial charge >= 0.3 is 0 Å². The highest BCUT2D eigenvalue weighted by Crippen LogP contribution is 2.39. The first-order valence-electron chi connectivity index (χ1n) is 8.10. The first-order chi connectivity index (χ1) is 9.99. The molecule has 2 aliphatic heterocycles. The summed E-state index contributed by atoms with van der Waals surface area (Å²) in [6.45, 7) is -0.431. The molecule has 18 heavy (non-hydrogen) atoms. The molecule has 0 radical (unpaired) electrons. The highest BCUT2D eigenvalue weighted by atomic mass is 16.7. The number of likely N-dealkylation sites (tertiary alicyclic amines) is 1. The Morgan fingerprint density at radius 3 is 3.00 bits per heavy atom. The normalized spacial score (nSPS) is 36.9. The van der Waals surface area contributed by atoms with Gasteiger partial charge in [-0.05, 0) is 25.5 Å². The minimum atomic E-state index is -2.02. The van der Waals surface area contributed by atoms with E-state index in [2.05, 4.69) is 0 Å². The molecule has 2 fully saturated rings. The Morgan fingerprint density at radius 2 is 2.17 bits per heavy atom. The van der Waals surface area contributed by atoms with Gasteiger partial charge in [-0.3, -0.25) is 0 Å². The Hall–Kier alpha value is -0.900. The van der Waals surface area contributed by atoms with E-state index in [9.17, 15) is 0 Å². The minimum absolute atomic E-state index is 0.0505. The summed E-state index contributed by atoms with van der Waals surface area (Å²) in [4.78, 5) is 1.55. The molecule has 98 valence electrons. The zero-order chi connectivity index (χ0) is 14.9. The second-order valence-electron chi connectivity index (χ2n) is 5.08. The Bertz CT molecular complexity index is 480. The average Bonchev–Trinajstić information content (AvgIpc) is 2.74. The molecule has 2 heterocycles.